The number of ether oxygens (including phenoxy) is 1. The molecular formula is C18H26FN3O3. The second-order valence-electron chi connectivity index (χ2n) is 6.42. The van der Waals surface area contributed by atoms with Gasteiger partial charge in [-0.1, -0.05) is 6.92 Å². The molecule has 7 heteroatoms. The summed E-state index contributed by atoms with van der Waals surface area (Å²) < 4.78 is 18.2. The molecule has 2 N–H and O–H groups in total. The van der Waals surface area contributed by atoms with Crippen LogP contribution in [0.1, 0.15) is 30.6 Å². The third-order valence-electron chi connectivity index (χ3n) is 4.72. The Hall–Kier alpha value is -1.99. The van der Waals surface area contributed by atoms with Gasteiger partial charge in [0.25, 0.3) is 5.91 Å². The van der Waals surface area contributed by atoms with Gasteiger partial charge in [0.2, 0.25) is 5.91 Å². The topological polar surface area (TPSA) is 70.7 Å². The zero-order valence-electron chi connectivity index (χ0n) is 14.8. The van der Waals surface area contributed by atoms with Crippen LogP contribution in [-0.4, -0.2) is 61.6 Å². The van der Waals surface area contributed by atoms with Crippen LogP contribution in [0.25, 0.3) is 0 Å². The van der Waals surface area contributed by atoms with Crippen LogP contribution < -0.4 is 10.6 Å². The molecule has 0 bridgehead atoms. The zero-order valence-corrected chi connectivity index (χ0v) is 14.8. The number of rotatable bonds is 7. The molecule has 0 radical (unpaired) electrons. The van der Waals surface area contributed by atoms with Crippen molar-refractivity contribution in [2.75, 3.05) is 39.4 Å². The number of benzene rings is 1. The maximum Gasteiger partial charge on any atom is 0.251 e. The predicted octanol–water partition coefficient (Wildman–Crippen LogP) is 1.17. The van der Waals surface area contributed by atoms with Crippen molar-refractivity contribution in [1.29, 1.82) is 0 Å². The van der Waals surface area contributed by atoms with Crippen LogP contribution in [0.15, 0.2) is 24.3 Å². The molecule has 0 aromatic heterocycles. The van der Waals surface area contributed by atoms with E-state index in [1.807, 2.05) is 0 Å². The van der Waals surface area contributed by atoms with E-state index in [4.69, 9.17) is 4.74 Å². The lowest BCUT2D eigenvalue weighted by atomic mass is 9.95. The fourth-order valence-electron chi connectivity index (χ4n) is 2.78. The molecule has 25 heavy (non-hydrogen) atoms. The lowest BCUT2D eigenvalue weighted by molar-refractivity contribution is -0.121. The number of carbonyl (C=O) groups excluding carboxylic acids is 2. The first-order valence-corrected chi connectivity index (χ1v) is 8.58. The Labute approximate surface area is 147 Å². The quantitative estimate of drug-likeness (QED) is 0.774. The maximum absolute atomic E-state index is 12.9. The highest BCUT2D eigenvalue weighted by atomic mass is 19.1. The third kappa shape index (κ3) is 5.51. The summed E-state index contributed by atoms with van der Waals surface area (Å²) in [5.74, 6) is -1.05. The standard InChI is InChI=1S/C18H26FN3O3/c1-3-18(2,22-8-10-25-11-9-22)13-21-16(23)12-20-17(24)14-4-6-15(19)7-5-14/h4-7H,3,8-13H2,1-2H3,(H,20,24)(H,21,23). The molecule has 1 aliphatic heterocycles. The summed E-state index contributed by atoms with van der Waals surface area (Å²) in [5.41, 5.74) is 0.182. The summed E-state index contributed by atoms with van der Waals surface area (Å²) in [6.07, 6.45) is 0.898. The average Bonchev–Trinajstić information content (AvgIpc) is 2.65. The number of morpholine rings is 1. The monoisotopic (exact) mass is 351 g/mol. The van der Waals surface area contributed by atoms with Gasteiger partial charge in [0.05, 0.1) is 19.8 Å². The van der Waals surface area contributed by atoms with Crippen LogP contribution in [0.2, 0.25) is 0 Å². The molecular weight excluding hydrogens is 325 g/mol. The Morgan fingerprint density at radius 1 is 1.20 bits per heavy atom. The Kier molecular flexibility index (Phi) is 6.90. The van der Waals surface area contributed by atoms with Crippen LogP contribution in [0.3, 0.4) is 0 Å². The van der Waals surface area contributed by atoms with Gasteiger partial charge in [-0.05, 0) is 37.6 Å². The summed E-state index contributed by atoms with van der Waals surface area (Å²) in [6.45, 7) is 7.72. The van der Waals surface area contributed by atoms with Gasteiger partial charge in [-0.15, -0.1) is 0 Å². The van der Waals surface area contributed by atoms with Crippen LogP contribution in [0.4, 0.5) is 4.39 Å². The normalized spacial score (nSPS) is 17.6. The molecule has 1 aromatic carbocycles. The van der Waals surface area contributed by atoms with E-state index >= 15 is 0 Å². The molecule has 1 atom stereocenters. The maximum atomic E-state index is 12.9. The fourth-order valence-corrected chi connectivity index (χ4v) is 2.78. The van der Waals surface area contributed by atoms with E-state index in [9.17, 15) is 14.0 Å². The number of nitrogens with zero attached hydrogens (tertiary/aromatic N) is 1. The first-order chi connectivity index (χ1) is 11.9. The van der Waals surface area contributed by atoms with E-state index in [2.05, 4.69) is 29.4 Å². The first-order valence-electron chi connectivity index (χ1n) is 8.58. The molecule has 1 saturated heterocycles. The molecule has 1 heterocycles. The Balaban J connectivity index is 1.79. The molecule has 2 rings (SSSR count). The minimum Gasteiger partial charge on any atom is -0.379 e. The Morgan fingerprint density at radius 2 is 1.84 bits per heavy atom. The zero-order chi connectivity index (χ0) is 18.3. The van der Waals surface area contributed by atoms with Crippen molar-refractivity contribution in [2.45, 2.75) is 25.8 Å². The number of hydrogen-bond donors (Lipinski definition) is 2. The first kappa shape index (κ1) is 19.3. The van der Waals surface area contributed by atoms with Gasteiger partial charge < -0.3 is 15.4 Å². The molecule has 0 saturated carbocycles. The van der Waals surface area contributed by atoms with Crippen molar-refractivity contribution in [2.24, 2.45) is 0 Å². The molecule has 2 amide bonds. The van der Waals surface area contributed by atoms with Gasteiger partial charge in [-0.2, -0.15) is 0 Å². The Morgan fingerprint density at radius 3 is 2.44 bits per heavy atom. The molecule has 1 unspecified atom stereocenters. The van der Waals surface area contributed by atoms with Gasteiger partial charge in [0, 0.05) is 30.7 Å². The van der Waals surface area contributed by atoms with E-state index in [1.165, 1.54) is 24.3 Å². The van der Waals surface area contributed by atoms with E-state index in [1.54, 1.807) is 0 Å². The number of carbonyl (C=O) groups is 2. The molecule has 0 spiro atoms. The average molecular weight is 351 g/mol. The lowest BCUT2D eigenvalue weighted by Gasteiger charge is -2.43. The fraction of sp³-hybridized carbons (Fsp3) is 0.556. The molecule has 1 fully saturated rings. The molecule has 1 aromatic rings. The van der Waals surface area contributed by atoms with Crippen molar-refractivity contribution in [3.63, 3.8) is 0 Å². The van der Waals surface area contributed by atoms with Crippen molar-refractivity contribution < 1.29 is 18.7 Å². The van der Waals surface area contributed by atoms with Crippen molar-refractivity contribution >= 4 is 11.8 Å². The van der Waals surface area contributed by atoms with Crippen LogP contribution in [0.5, 0.6) is 0 Å². The van der Waals surface area contributed by atoms with Crippen molar-refractivity contribution in [3.05, 3.63) is 35.6 Å². The van der Waals surface area contributed by atoms with Gasteiger partial charge in [-0.3, -0.25) is 14.5 Å². The van der Waals surface area contributed by atoms with Crippen molar-refractivity contribution in [1.82, 2.24) is 15.5 Å². The summed E-state index contributed by atoms with van der Waals surface area (Å²) >= 11 is 0. The number of hydrogen-bond acceptors (Lipinski definition) is 4. The van der Waals surface area contributed by atoms with E-state index in [-0.39, 0.29) is 18.0 Å². The number of halogens is 1. The number of amides is 2. The SMILES string of the molecule is CCC(C)(CNC(=O)CNC(=O)c1ccc(F)cc1)N1CCOCC1. The van der Waals surface area contributed by atoms with Crippen LogP contribution in [-0.2, 0) is 9.53 Å². The minimum atomic E-state index is -0.406. The Bertz CT molecular complexity index is 588. The highest BCUT2D eigenvalue weighted by Crippen LogP contribution is 2.19. The van der Waals surface area contributed by atoms with Gasteiger partial charge in [0.1, 0.15) is 5.82 Å². The van der Waals surface area contributed by atoms with Gasteiger partial charge in [-0.25, -0.2) is 4.39 Å². The minimum absolute atomic E-state index is 0.112. The second kappa shape index (κ2) is 8.92. The molecule has 1 aliphatic rings. The molecule has 6 nitrogen and oxygen atoms in total. The lowest BCUT2D eigenvalue weighted by Crippen LogP contribution is -2.57. The van der Waals surface area contributed by atoms with E-state index in [0.29, 0.717) is 25.3 Å². The summed E-state index contributed by atoms with van der Waals surface area (Å²) in [6, 6.07) is 5.19. The van der Waals surface area contributed by atoms with Crippen LogP contribution >= 0.6 is 0 Å². The second-order valence-corrected chi connectivity index (χ2v) is 6.42. The smallest absolute Gasteiger partial charge is 0.251 e. The summed E-state index contributed by atoms with van der Waals surface area (Å²) in [5, 5.41) is 5.44. The van der Waals surface area contributed by atoms with Crippen molar-refractivity contribution in [3.8, 4) is 0 Å². The summed E-state index contributed by atoms with van der Waals surface area (Å²) in [7, 11) is 0. The summed E-state index contributed by atoms with van der Waals surface area (Å²) in [4.78, 5) is 26.3. The van der Waals surface area contributed by atoms with Gasteiger partial charge in [0.15, 0.2) is 0 Å². The predicted molar refractivity (Wildman–Crippen MR) is 92.8 cm³/mol. The molecule has 0 aliphatic carbocycles. The third-order valence-corrected chi connectivity index (χ3v) is 4.72. The van der Waals surface area contributed by atoms with Crippen LogP contribution in [0, 0.1) is 5.82 Å². The largest absolute Gasteiger partial charge is 0.379 e. The highest BCUT2D eigenvalue weighted by Gasteiger charge is 2.31. The highest BCUT2D eigenvalue weighted by molar-refractivity contribution is 5.96. The number of nitrogens with one attached hydrogen (secondary N) is 2. The molecule has 138 valence electrons. The van der Waals surface area contributed by atoms with E-state index in [0.717, 1.165) is 19.5 Å². The van der Waals surface area contributed by atoms with Gasteiger partial charge >= 0.3 is 0 Å². The van der Waals surface area contributed by atoms with E-state index < -0.39 is 11.7 Å².